The summed E-state index contributed by atoms with van der Waals surface area (Å²) >= 11 is 15.7. The predicted molar refractivity (Wildman–Crippen MR) is 114 cm³/mol. The second-order valence-electron chi connectivity index (χ2n) is 5.13. The van der Waals surface area contributed by atoms with Crippen LogP contribution in [0.5, 0.6) is 0 Å². The molecule has 0 saturated carbocycles. The SMILES string of the molecule is CCOC(=O)Cc1cc(=O)[nH][nH]c1=O.CCOC(=O)Cc1cc(Cl)nnc1Cl.O=PCl. The van der Waals surface area contributed by atoms with Gasteiger partial charge in [0.25, 0.3) is 18.9 Å². The zero-order valence-corrected chi connectivity index (χ0v) is 19.5. The highest BCUT2D eigenvalue weighted by molar-refractivity contribution is 7.57. The summed E-state index contributed by atoms with van der Waals surface area (Å²) in [7, 11) is -0.361. The first-order valence-corrected chi connectivity index (χ1v) is 10.9. The van der Waals surface area contributed by atoms with Gasteiger partial charge in [-0.15, -0.1) is 10.2 Å². The zero-order valence-electron chi connectivity index (χ0n) is 16.3. The first kappa shape index (κ1) is 28.7. The van der Waals surface area contributed by atoms with Gasteiger partial charge in [0, 0.05) is 17.2 Å². The zero-order chi connectivity index (χ0) is 23.8. The van der Waals surface area contributed by atoms with Crippen LogP contribution in [0.2, 0.25) is 10.3 Å². The number of aromatic nitrogens is 4. The average Bonchev–Trinajstić information content (AvgIpc) is 2.69. The van der Waals surface area contributed by atoms with E-state index in [4.69, 9.17) is 32.5 Å². The molecule has 0 bridgehead atoms. The summed E-state index contributed by atoms with van der Waals surface area (Å²) in [5.41, 5.74) is -0.320. The summed E-state index contributed by atoms with van der Waals surface area (Å²) in [6.07, 6.45) is -0.130. The molecule has 0 aliphatic carbocycles. The standard InChI is InChI=1S/C8H8Cl2N2O2.C8H10N2O4.ClOP/c1-2-14-7(13)4-5-3-6(9)11-12-8(5)10;1-2-14-7(12)4-5-3-6(11)9-10-8(5)13;1-3-2/h3H,2,4H2,1H3;3H,2,4H2,1H3,(H,9,11)(H,10,13);. The first-order valence-electron chi connectivity index (χ1n) is 8.41. The number of rotatable bonds is 6. The van der Waals surface area contributed by atoms with E-state index in [9.17, 15) is 19.2 Å². The van der Waals surface area contributed by atoms with Gasteiger partial charge in [-0.05, 0) is 31.2 Å². The lowest BCUT2D eigenvalue weighted by molar-refractivity contribution is -0.143. The van der Waals surface area contributed by atoms with Gasteiger partial charge < -0.3 is 9.47 Å². The van der Waals surface area contributed by atoms with Gasteiger partial charge >= 0.3 is 11.9 Å². The molecule has 2 N–H and O–H groups in total. The molecule has 2 heterocycles. The Morgan fingerprint density at radius 3 is 2.00 bits per heavy atom. The van der Waals surface area contributed by atoms with E-state index >= 15 is 0 Å². The lowest BCUT2D eigenvalue weighted by atomic mass is 10.2. The Kier molecular flexibility index (Phi) is 15.1. The van der Waals surface area contributed by atoms with Crippen LogP contribution in [0, 0.1) is 0 Å². The number of ether oxygens (including phenoxy) is 2. The van der Waals surface area contributed by atoms with Crippen molar-refractivity contribution in [2.45, 2.75) is 26.7 Å². The number of esters is 2. The van der Waals surface area contributed by atoms with Crippen LogP contribution in [0.1, 0.15) is 25.0 Å². The molecule has 31 heavy (non-hydrogen) atoms. The normalized spacial score (nSPS) is 9.58. The summed E-state index contributed by atoms with van der Waals surface area (Å²) in [4.78, 5) is 44.0. The number of carbonyl (C=O) groups excluding carboxylic acids is 2. The lowest BCUT2D eigenvalue weighted by Gasteiger charge is -2.02. The van der Waals surface area contributed by atoms with Gasteiger partial charge in [0.2, 0.25) is 0 Å². The minimum atomic E-state index is -0.524. The molecule has 2 aromatic rings. The Bertz CT molecular complexity index is 984. The van der Waals surface area contributed by atoms with Crippen LogP contribution in [0.15, 0.2) is 21.7 Å². The van der Waals surface area contributed by atoms with Crippen molar-refractivity contribution >= 4 is 54.2 Å². The third-order valence-electron chi connectivity index (χ3n) is 2.97. The number of aromatic amines is 2. The van der Waals surface area contributed by atoms with Crippen LogP contribution in [-0.4, -0.2) is 45.5 Å². The molecule has 0 aliphatic heterocycles. The molecule has 0 aromatic carbocycles. The largest absolute Gasteiger partial charge is 0.466 e. The molecule has 11 nitrogen and oxygen atoms in total. The third kappa shape index (κ3) is 12.8. The van der Waals surface area contributed by atoms with Crippen molar-refractivity contribution in [3.05, 3.63) is 54.3 Å². The van der Waals surface area contributed by atoms with Gasteiger partial charge in [-0.25, -0.2) is 0 Å². The fraction of sp³-hybridized carbons (Fsp3) is 0.375. The van der Waals surface area contributed by atoms with Crippen molar-refractivity contribution in [1.29, 1.82) is 0 Å². The number of H-pyrrole nitrogens is 2. The highest BCUT2D eigenvalue weighted by atomic mass is 35.7. The molecule has 0 saturated heterocycles. The van der Waals surface area contributed by atoms with Crippen LogP contribution in [0.4, 0.5) is 0 Å². The van der Waals surface area contributed by atoms with Crippen molar-refractivity contribution in [2.75, 3.05) is 13.2 Å². The van der Waals surface area contributed by atoms with E-state index in [-0.39, 0.29) is 49.1 Å². The third-order valence-corrected chi connectivity index (χ3v) is 3.47. The molecular formula is C16H18Cl3N4O7P. The summed E-state index contributed by atoms with van der Waals surface area (Å²) in [6, 6.07) is 2.57. The smallest absolute Gasteiger partial charge is 0.310 e. The monoisotopic (exact) mass is 514 g/mol. The highest BCUT2D eigenvalue weighted by Crippen LogP contribution is 2.16. The number of carbonyl (C=O) groups is 2. The molecule has 15 heteroatoms. The van der Waals surface area contributed by atoms with E-state index in [1.54, 1.807) is 13.8 Å². The van der Waals surface area contributed by atoms with Crippen LogP contribution in [-0.2, 0) is 36.5 Å². The number of nitrogens with zero attached hydrogens (tertiary/aromatic N) is 2. The van der Waals surface area contributed by atoms with E-state index in [0.717, 1.165) is 6.07 Å². The second kappa shape index (κ2) is 16.4. The molecular weight excluding hydrogens is 498 g/mol. The number of hydrogen-bond donors (Lipinski definition) is 2. The Morgan fingerprint density at radius 1 is 0.968 bits per heavy atom. The van der Waals surface area contributed by atoms with Gasteiger partial charge in [0.15, 0.2) is 10.3 Å². The van der Waals surface area contributed by atoms with Crippen molar-refractivity contribution in [2.24, 2.45) is 0 Å². The summed E-state index contributed by atoms with van der Waals surface area (Å²) < 4.78 is 18.1. The lowest BCUT2D eigenvalue weighted by Crippen LogP contribution is -2.24. The van der Waals surface area contributed by atoms with E-state index in [2.05, 4.69) is 36.4 Å². The molecule has 2 aromatic heterocycles. The molecule has 0 radical (unpaired) electrons. The van der Waals surface area contributed by atoms with Crippen LogP contribution in [0.25, 0.3) is 0 Å². The Labute approximate surface area is 192 Å². The molecule has 0 atom stereocenters. The molecule has 0 fully saturated rings. The molecule has 0 unspecified atom stereocenters. The number of hydrogen-bond acceptors (Lipinski definition) is 9. The number of nitrogens with one attached hydrogen (secondary N) is 2. The quantitative estimate of drug-likeness (QED) is 0.435. The van der Waals surface area contributed by atoms with Gasteiger partial charge in [-0.3, -0.25) is 33.9 Å². The van der Waals surface area contributed by atoms with Gasteiger partial charge in [0.05, 0.1) is 26.1 Å². The highest BCUT2D eigenvalue weighted by Gasteiger charge is 2.10. The fourth-order valence-electron chi connectivity index (χ4n) is 1.84. The Hall–Kier alpha value is -2.33. The van der Waals surface area contributed by atoms with Crippen molar-refractivity contribution in [1.82, 2.24) is 20.4 Å². The maximum Gasteiger partial charge on any atom is 0.310 e. The first-order chi connectivity index (χ1) is 14.7. The molecule has 0 spiro atoms. The number of halogens is 3. The van der Waals surface area contributed by atoms with Crippen LogP contribution in [0.3, 0.4) is 0 Å². The van der Waals surface area contributed by atoms with Gasteiger partial charge in [0.1, 0.15) is 0 Å². The maximum atomic E-state index is 11.1. The summed E-state index contributed by atoms with van der Waals surface area (Å²) in [6.45, 7) is 3.99. The van der Waals surface area contributed by atoms with E-state index < -0.39 is 17.1 Å². The topological polar surface area (TPSA) is 161 Å². The van der Waals surface area contributed by atoms with Crippen LogP contribution < -0.4 is 11.1 Å². The minimum Gasteiger partial charge on any atom is -0.466 e. The molecule has 2 rings (SSSR count). The maximum absolute atomic E-state index is 11.1. The minimum absolute atomic E-state index is 0.0575. The average molecular weight is 516 g/mol. The molecule has 170 valence electrons. The van der Waals surface area contributed by atoms with Crippen LogP contribution >= 0.6 is 42.3 Å². The second-order valence-corrected chi connectivity index (χ2v) is 6.43. The Balaban J connectivity index is 0.000000516. The van der Waals surface area contributed by atoms with Gasteiger partial charge in [-0.1, -0.05) is 23.2 Å². The van der Waals surface area contributed by atoms with Gasteiger partial charge in [-0.2, -0.15) is 0 Å². The Morgan fingerprint density at radius 2 is 1.48 bits per heavy atom. The van der Waals surface area contributed by atoms with Crippen molar-refractivity contribution in [3.63, 3.8) is 0 Å². The summed E-state index contributed by atoms with van der Waals surface area (Å²) in [5, 5.41) is 11.7. The summed E-state index contributed by atoms with van der Waals surface area (Å²) in [5.74, 6) is -0.887. The van der Waals surface area contributed by atoms with E-state index in [1.807, 2.05) is 0 Å². The molecule has 0 amide bonds. The van der Waals surface area contributed by atoms with E-state index in [1.165, 1.54) is 6.07 Å². The van der Waals surface area contributed by atoms with E-state index in [0.29, 0.717) is 12.2 Å². The molecule has 0 aliphatic rings. The fourth-order valence-corrected chi connectivity index (χ4v) is 2.17. The predicted octanol–water partition coefficient (Wildman–Crippen LogP) is 2.49. The van der Waals surface area contributed by atoms with Crippen molar-refractivity contribution < 1.29 is 23.6 Å². The van der Waals surface area contributed by atoms with Crippen molar-refractivity contribution in [3.8, 4) is 0 Å².